The minimum atomic E-state index is 0.610. The van der Waals surface area contributed by atoms with Crippen molar-refractivity contribution in [3.05, 3.63) is 58.9 Å². The monoisotopic (exact) mass is 325 g/mol. The molecule has 1 aromatic heterocycles. The summed E-state index contributed by atoms with van der Waals surface area (Å²) in [5.41, 5.74) is 2.09. The molecule has 0 atom stereocenters. The summed E-state index contributed by atoms with van der Waals surface area (Å²) in [5.74, 6) is 0.868. The Balaban J connectivity index is 1.94. The van der Waals surface area contributed by atoms with Crippen LogP contribution in [0.25, 0.3) is 0 Å². The minimum Gasteiger partial charge on any atom is -0.493 e. The van der Waals surface area contributed by atoms with E-state index in [2.05, 4.69) is 20.9 Å². The van der Waals surface area contributed by atoms with Gasteiger partial charge in [0.1, 0.15) is 5.75 Å². The van der Waals surface area contributed by atoms with Gasteiger partial charge in [0.2, 0.25) is 0 Å². The highest BCUT2D eigenvalue weighted by molar-refractivity contribution is 9.08. The zero-order valence-corrected chi connectivity index (χ0v) is 12.1. The Morgan fingerprint density at radius 1 is 1.22 bits per heavy atom. The molecule has 0 aliphatic carbocycles. The van der Waals surface area contributed by atoms with Crippen LogP contribution in [0.5, 0.6) is 5.75 Å². The van der Waals surface area contributed by atoms with Gasteiger partial charge in [-0.2, -0.15) is 0 Å². The Morgan fingerprint density at radius 3 is 2.83 bits per heavy atom. The lowest BCUT2D eigenvalue weighted by atomic mass is 10.2. The summed E-state index contributed by atoms with van der Waals surface area (Å²) in [4.78, 5) is 4.26. The number of pyridine rings is 1. The van der Waals surface area contributed by atoms with Gasteiger partial charge in [-0.25, -0.2) is 0 Å². The standard InChI is InChI=1S/C14H13BrClNO/c15-10-11-9-12(16)4-5-14(11)18-8-6-13-3-1-2-7-17-13/h1-5,7,9H,6,8,10H2. The first-order chi connectivity index (χ1) is 8.79. The van der Waals surface area contributed by atoms with Crippen molar-refractivity contribution >= 4 is 27.5 Å². The van der Waals surface area contributed by atoms with Crippen molar-refractivity contribution in [2.75, 3.05) is 6.61 Å². The van der Waals surface area contributed by atoms with Crippen LogP contribution < -0.4 is 4.74 Å². The Labute approximate surface area is 120 Å². The Hall–Kier alpha value is -1.06. The largest absolute Gasteiger partial charge is 0.493 e. The lowest BCUT2D eigenvalue weighted by molar-refractivity contribution is 0.318. The Kier molecular flexibility index (Phi) is 5.02. The summed E-state index contributed by atoms with van der Waals surface area (Å²) in [6, 6.07) is 11.5. The van der Waals surface area contributed by atoms with Gasteiger partial charge in [-0.1, -0.05) is 33.6 Å². The number of ether oxygens (including phenoxy) is 1. The quantitative estimate of drug-likeness (QED) is 0.766. The first-order valence-electron chi connectivity index (χ1n) is 5.66. The molecule has 0 fully saturated rings. The van der Waals surface area contributed by atoms with Gasteiger partial charge in [-0.05, 0) is 30.3 Å². The number of alkyl halides is 1. The van der Waals surface area contributed by atoms with Crippen LogP contribution >= 0.6 is 27.5 Å². The highest BCUT2D eigenvalue weighted by atomic mass is 79.9. The van der Waals surface area contributed by atoms with Crippen LogP contribution in [-0.4, -0.2) is 11.6 Å². The molecule has 0 radical (unpaired) electrons. The SMILES string of the molecule is Clc1ccc(OCCc2ccccn2)c(CBr)c1. The van der Waals surface area contributed by atoms with Gasteiger partial charge in [-0.15, -0.1) is 0 Å². The molecule has 0 N–H and O–H groups in total. The third-order valence-corrected chi connectivity index (χ3v) is 3.35. The first-order valence-corrected chi connectivity index (χ1v) is 7.16. The summed E-state index contributed by atoms with van der Waals surface area (Å²) in [5, 5.41) is 1.45. The lowest BCUT2D eigenvalue weighted by Gasteiger charge is -2.10. The van der Waals surface area contributed by atoms with E-state index in [9.17, 15) is 0 Å². The van der Waals surface area contributed by atoms with Crippen LogP contribution in [0.3, 0.4) is 0 Å². The molecule has 4 heteroatoms. The number of halogens is 2. The second-order valence-electron chi connectivity index (χ2n) is 3.81. The molecule has 1 aromatic carbocycles. The topological polar surface area (TPSA) is 22.1 Å². The average Bonchev–Trinajstić information content (AvgIpc) is 2.41. The maximum Gasteiger partial charge on any atom is 0.123 e. The zero-order valence-electron chi connectivity index (χ0n) is 9.77. The van der Waals surface area contributed by atoms with Crippen LogP contribution in [0.4, 0.5) is 0 Å². The molecule has 18 heavy (non-hydrogen) atoms. The summed E-state index contributed by atoms with van der Waals surface area (Å²) < 4.78 is 5.76. The molecule has 0 unspecified atom stereocenters. The maximum absolute atomic E-state index is 5.94. The normalized spacial score (nSPS) is 10.3. The fourth-order valence-corrected chi connectivity index (χ4v) is 2.24. The van der Waals surface area contributed by atoms with Crippen molar-refractivity contribution < 1.29 is 4.74 Å². The van der Waals surface area contributed by atoms with Gasteiger partial charge in [-0.3, -0.25) is 4.98 Å². The molecule has 0 aliphatic heterocycles. The Morgan fingerprint density at radius 2 is 2.11 bits per heavy atom. The van der Waals surface area contributed by atoms with Gasteiger partial charge in [0.05, 0.1) is 6.61 Å². The molecule has 0 spiro atoms. The molecule has 1 heterocycles. The van der Waals surface area contributed by atoms with E-state index in [1.54, 1.807) is 6.20 Å². The molecule has 0 saturated carbocycles. The number of hydrogen-bond acceptors (Lipinski definition) is 2. The third-order valence-electron chi connectivity index (χ3n) is 2.51. The van der Waals surface area contributed by atoms with Gasteiger partial charge in [0, 0.05) is 34.2 Å². The van der Waals surface area contributed by atoms with Crippen LogP contribution in [0, 0.1) is 0 Å². The van der Waals surface area contributed by atoms with Gasteiger partial charge in [0.15, 0.2) is 0 Å². The van der Waals surface area contributed by atoms with E-state index in [0.717, 1.165) is 33.8 Å². The maximum atomic E-state index is 5.94. The molecule has 94 valence electrons. The smallest absolute Gasteiger partial charge is 0.123 e. The second-order valence-corrected chi connectivity index (χ2v) is 4.80. The number of benzene rings is 1. The van der Waals surface area contributed by atoms with Crippen LogP contribution in [0.1, 0.15) is 11.3 Å². The molecular weight excluding hydrogens is 314 g/mol. The first kappa shape index (κ1) is 13.4. The molecular formula is C14H13BrClNO. The van der Waals surface area contributed by atoms with Crippen molar-refractivity contribution in [3.63, 3.8) is 0 Å². The number of aromatic nitrogens is 1. The second kappa shape index (κ2) is 6.76. The van der Waals surface area contributed by atoms with E-state index in [-0.39, 0.29) is 0 Å². The summed E-state index contributed by atoms with van der Waals surface area (Å²) in [7, 11) is 0. The zero-order chi connectivity index (χ0) is 12.8. The Bertz CT molecular complexity index is 504. The fourth-order valence-electron chi connectivity index (χ4n) is 1.60. The number of rotatable bonds is 5. The van der Waals surface area contributed by atoms with Crippen LogP contribution in [0.2, 0.25) is 5.02 Å². The number of hydrogen-bond donors (Lipinski definition) is 0. The highest BCUT2D eigenvalue weighted by Crippen LogP contribution is 2.25. The van der Waals surface area contributed by atoms with E-state index < -0.39 is 0 Å². The highest BCUT2D eigenvalue weighted by Gasteiger charge is 2.03. The van der Waals surface area contributed by atoms with Crippen LogP contribution in [-0.2, 0) is 11.8 Å². The molecule has 0 bridgehead atoms. The third kappa shape index (κ3) is 3.72. The molecule has 2 rings (SSSR count). The van der Waals surface area contributed by atoms with Crippen molar-refractivity contribution in [1.29, 1.82) is 0 Å². The van der Waals surface area contributed by atoms with E-state index >= 15 is 0 Å². The fraction of sp³-hybridized carbons (Fsp3) is 0.214. The molecule has 0 saturated heterocycles. The summed E-state index contributed by atoms with van der Waals surface area (Å²) >= 11 is 9.37. The van der Waals surface area contributed by atoms with Crippen molar-refractivity contribution in [1.82, 2.24) is 4.98 Å². The van der Waals surface area contributed by atoms with Crippen LogP contribution in [0.15, 0.2) is 42.6 Å². The van der Waals surface area contributed by atoms with E-state index in [1.807, 2.05) is 36.4 Å². The lowest BCUT2D eigenvalue weighted by Crippen LogP contribution is -2.04. The van der Waals surface area contributed by atoms with Gasteiger partial charge >= 0.3 is 0 Å². The van der Waals surface area contributed by atoms with Gasteiger partial charge in [0.25, 0.3) is 0 Å². The minimum absolute atomic E-state index is 0.610. The summed E-state index contributed by atoms with van der Waals surface area (Å²) in [6.45, 7) is 0.610. The average molecular weight is 327 g/mol. The summed E-state index contributed by atoms with van der Waals surface area (Å²) in [6.07, 6.45) is 2.59. The molecule has 2 nitrogen and oxygen atoms in total. The van der Waals surface area contributed by atoms with E-state index in [1.165, 1.54) is 0 Å². The van der Waals surface area contributed by atoms with E-state index in [4.69, 9.17) is 16.3 Å². The molecule has 2 aromatic rings. The van der Waals surface area contributed by atoms with Gasteiger partial charge < -0.3 is 4.74 Å². The van der Waals surface area contributed by atoms with Crippen molar-refractivity contribution in [2.45, 2.75) is 11.8 Å². The molecule has 0 amide bonds. The predicted molar refractivity (Wildman–Crippen MR) is 77.5 cm³/mol. The van der Waals surface area contributed by atoms with Crippen molar-refractivity contribution in [2.24, 2.45) is 0 Å². The molecule has 0 aliphatic rings. The van der Waals surface area contributed by atoms with Crippen molar-refractivity contribution in [3.8, 4) is 5.75 Å². The van der Waals surface area contributed by atoms with E-state index in [0.29, 0.717) is 6.61 Å². The predicted octanol–water partition coefficient (Wildman–Crippen LogP) is 4.25. The number of nitrogens with zero attached hydrogens (tertiary/aromatic N) is 1.